The quantitative estimate of drug-likeness (QED) is 0.567. The summed E-state index contributed by atoms with van der Waals surface area (Å²) in [5.74, 6) is -0.782. The van der Waals surface area contributed by atoms with E-state index in [4.69, 9.17) is 5.11 Å². The van der Waals surface area contributed by atoms with Crippen molar-refractivity contribution >= 4 is 5.97 Å². The highest BCUT2D eigenvalue weighted by atomic mass is 16.4. The van der Waals surface area contributed by atoms with Gasteiger partial charge in [0.05, 0.1) is 0 Å². The fraction of sp³-hybridized carbons (Fsp3) is 0.625. The van der Waals surface area contributed by atoms with Crippen LogP contribution in [0.3, 0.4) is 0 Å². The Kier molecular flexibility index (Phi) is 2.29. The average molecular weight is 155 g/mol. The number of hydrogen-bond acceptors (Lipinski definition) is 2. The number of aliphatic carboxylic acids is 1. The Hall–Kier alpha value is -0.830. The third-order valence-electron chi connectivity index (χ3n) is 2.11. The van der Waals surface area contributed by atoms with Gasteiger partial charge in [0, 0.05) is 18.7 Å². The molecule has 0 aliphatic carbocycles. The summed E-state index contributed by atoms with van der Waals surface area (Å²) in [6.45, 7) is 3.48. The molecule has 0 aromatic rings. The summed E-state index contributed by atoms with van der Waals surface area (Å²) in [6.07, 6.45) is 0.911. The molecule has 0 aromatic heterocycles. The fourth-order valence-corrected chi connectivity index (χ4v) is 1.27. The van der Waals surface area contributed by atoms with E-state index in [-0.39, 0.29) is 0 Å². The normalized spacial score (nSPS) is 23.8. The number of carboxylic acid groups (broad SMARTS) is 1. The third kappa shape index (κ3) is 1.80. The Labute approximate surface area is 66.3 Å². The van der Waals surface area contributed by atoms with Gasteiger partial charge in [0.15, 0.2) is 0 Å². The van der Waals surface area contributed by atoms with Crippen LogP contribution in [0.2, 0.25) is 0 Å². The molecule has 1 N–H and O–H groups in total. The topological polar surface area (TPSA) is 40.5 Å². The zero-order valence-electron chi connectivity index (χ0n) is 6.92. The molecule has 0 unspecified atom stereocenters. The smallest absolute Gasteiger partial charge is 0.331 e. The van der Waals surface area contributed by atoms with Crippen molar-refractivity contribution in [1.82, 2.24) is 4.90 Å². The molecule has 1 fully saturated rings. The SMILES string of the molecule is C/C(C(=O)O)=C1/CCN(C)C1. The van der Waals surface area contributed by atoms with Gasteiger partial charge in [-0.1, -0.05) is 0 Å². The third-order valence-corrected chi connectivity index (χ3v) is 2.11. The van der Waals surface area contributed by atoms with Crippen molar-refractivity contribution < 1.29 is 9.90 Å². The molecular formula is C8H13NO2. The van der Waals surface area contributed by atoms with Crippen LogP contribution in [-0.4, -0.2) is 36.1 Å². The second-order valence-electron chi connectivity index (χ2n) is 3.02. The second kappa shape index (κ2) is 3.05. The maximum Gasteiger partial charge on any atom is 0.331 e. The number of likely N-dealkylation sites (N-methyl/N-ethyl adjacent to an activating group) is 1. The summed E-state index contributed by atoms with van der Waals surface area (Å²) in [4.78, 5) is 12.6. The van der Waals surface area contributed by atoms with Crippen molar-refractivity contribution in [1.29, 1.82) is 0 Å². The molecule has 1 heterocycles. The Morgan fingerprint density at radius 2 is 2.27 bits per heavy atom. The Bertz CT molecular complexity index is 208. The number of hydrogen-bond donors (Lipinski definition) is 1. The molecule has 1 aliphatic rings. The van der Waals surface area contributed by atoms with Crippen LogP contribution in [0.4, 0.5) is 0 Å². The van der Waals surface area contributed by atoms with Crippen molar-refractivity contribution in [3.63, 3.8) is 0 Å². The van der Waals surface area contributed by atoms with Gasteiger partial charge in [0.25, 0.3) is 0 Å². The van der Waals surface area contributed by atoms with Gasteiger partial charge in [0.1, 0.15) is 0 Å². The van der Waals surface area contributed by atoms with Gasteiger partial charge >= 0.3 is 5.97 Å². The first-order valence-corrected chi connectivity index (χ1v) is 3.71. The first-order valence-electron chi connectivity index (χ1n) is 3.71. The predicted molar refractivity (Wildman–Crippen MR) is 42.4 cm³/mol. The van der Waals surface area contributed by atoms with Gasteiger partial charge in [0.2, 0.25) is 0 Å². The maximum absolute atomic E-state index is 10.5. The van der Waals surface area contributed by atoms with Crippen molar-refractivity contribution in [3.8, 4) is 0 Å². The molecule has 0 radical (unpaired) electrons. The van der Waals surface area contributed by atoms with Gasteiger partial charge in [-0.15, -0.1) is 0 Å². The van der Waals surface area contributed by atoms with Gasteiger partial charge in [-0.2, -0.15) is 0 Å². The summed E-state index contributed by atoms with van der Waals surface area (Å²) in [6, 6.07) is 0. The first-order chi connectivity index (χ1) is 5.11. The number of carboxylic acids is 1. The first kappa shape index (κ1) is 8.27. The lowest BCUT2D eigenvalue weighted by Crippen LogP contribution is -2.12. The molecule has 1 rings (SSSR count). The Morgan fingerprint density at radius 1 is 1.64 bits per heavy atom. The molecule has 0 amide bonds. The highest BCUT2D eigenvalue weighted by molar-refractivity contribution is 5.86. The van der Waals surface area contributed by atoms with Gasteiger partial charge in [-0.3, -0.25) is 0 Å². The largest absolute Gasteiger partial charge is 0.478 e. The number of rotatable bonds is 1. The maximum atomic E-state index is 10.5. The number of carbonyl (C=O) groups is 1. The zero-order valence-corrected chi connectivity index (χ0v) is 6.92. The van der Waals surface area contributed by atoms with Crippen molar-refractivity contribution in [3.05, 3.63) is 11.1 Å². The van der Waals surface area contributed by atoms with Crippen LogP contribution < -0.4 is 0 Å². The highest BCUT2D eigenvalue weighted by Crippen LogP contribution is 2.17. The van der Waals surface area contributed by atoms with Gasteiger partial charge in [-0.25, -0.2) is 4.79 Å². The van der Waals surface area contributed by atoms with Crippen molar-refractivity contribution in [2.24, 2.45) is 0 Å². The van der Waals surface area contributed by atoms with E-state index in [1.165, 1.54) is 0 Å². The standard InChI is InChI=1S/C8H13NO2/c1-6(8(10)11)7-3-4-9(2)5-7/h3-5H2,1-2H3,(H,10,11)/b7-6+. The summed E-state index contributed by atoms with van der Waals surface area (Å²) >= 11 is 0. The number of likely N-dealkylation sites (tertiary alicyclic amines) is 1. The van der Waals surface area contributed by atoms with Crippen LogP contribution in [-0.2, 0) is 4.79 Å². The zero-order chi connectivity index (χ0) is 8.43. The molecule has 1 aliphatic heterocycles. The molecule has 0 bridgehead atoms. The summed E-state index contributed by atoms with van der Waals surface area (Å²) < 4.78 is 0. The average Bonchev–Trinajstić information content (AvgIpc) is 2.34. The highest BCUT2D eigenvalue weighted by Gasteiger charge is 2.17. The second-order valence-corrected chi connectivity index (χ2v) is 3.02. The van der Waals surface area contributed by atoms with Crippen LogP contribution in [0.1, 0.15) is 13.3 Å². The van der Waals surface area contributed by atoms with Gasteiger partial charge < -0.3 is 10.0 Å². The van der Waals surface area contributed by atoms with Crippen molar-refractivity contribution in [2.45, 2.75) is 13.3 Å². The summed E-state index contributed by atoms with van der Waals surface area (Å²) in [5.41, 5.74) is 1.59. The Balaban J connectivity index is 2.73. The lowest BCUT2D eigenvalue weighted by Gasteiger charge is -2.03. The minimum Gasteiger partial charge on any atom is -0.478 e. The molecule has 62 valence electrons. The summed E-state index contributed by atoms with van der Waals surface area (Å²) in [7, 11) is 2.00. The van der Waals surface area contributed by atoms with Gasteiger partial charge in [-0.05, 0) is 26.0 Å². The summed E-state index contributed by atoms with van der Waals surface area (Å²) in [5, 5.41) is 8.65. The molecule has 0 atom stereocenters. The van der Waals surface area contributed by atoms with Crippen LogP contribution in [0.15, 0.2) is 11.1 Å². The Morgan fingerprint density at radius 3 is 2.64 bits per heavy atom. The van der Waals surface area contributed by atoms with E-state index in [0.29, 0.717) is 5.57 Å². The molecule has 0 saturated carbocycles. The molecule has 0 spiro atoms. The van der Waals surface area contributed by atoms with E-state index >= 15 is 0 Å². The van der Waals surface area contributed by atoms with E-state index in [2.05, 4.69) is 4.90 Å². The minimum absolute atomic E-state index is 0.523. The van der Waals surface area contributed by atoms with E-state index < -0.39 is 5.97 Å². The fourth-order valence-electron chi connectivity index (χ4n) is 1.27. The van der Waals surface area contributed by atoms with E-state index in [1.807, 2.05) is 7.05 Å². The van der Waals surface area contributed by atoms with Crippen molar-refractivity contribution in [2.75, 3.05) is 20.1 Å². The molecule has 3 heteroatoms. The van der Waals surface area contributed by atoms with E-state index in [9.17, 15) is 4.79 Å². The van der Waals surface area contributed by atoms with Crippen LogP contribution in [0.25, 0.3) is 0 Å². The molecule has 1 saturated heterocycles. The lowest BCUT2D eigenvalue weighted by molar-refractivity contribution is -0.132. The lowest BCUT2D eigenvalue weighted by atomic mass is 10.1. The predicted octanol–water partition coefficient (Wildman–Crippen LogP) is 0.723. The van der Waals surface area contributed by atoms with Crippen LogP contribution >= 0.6 is 0 Å². The van der Waals surface area contributed by atoms with E-state index in [0.717, 1.165) is 25.1 Å². The minimum atomic E-state index is -0.782. The van der Waals surface area contributed by atoms with Crippen LogP contribution in [0.5, 0.6) is 0 Å². The molecule has 0 aromatic carbocycles. The molecule has 3 nitrogen and oxygen atoms in total. The number of nitrogens with zero attached hydrogens (tertiary/aromatic N) is 1. The molecular weight excluding hydrogens is 142 g/mol. The van der Waals surface area contributed by atoms with E-state index in [1.54, 1.807) is 6.92 Å². The van der Waals surface area contributed by atoms with Crippen LogP contribution in [0, 0.1) is 0 Å². The molecule has 11 heavy (non-hydrogen) atoms. The monoisotopic (exact) mass is 155 g/mol.